The molecule has 0 bridgehead atoms. The first kappa shape index (κ1) is 11.5. The number of aliphatic hydroxyl groups excluding tert-OH is 1. The van der Waals surface area contributed by atoms with Gasteiger partial charge >= 0.3 is 0 Å². The van der Waals surface area contributed by atoms with Crippen LogP contribution in [0.5, 0.6) is 0 Å². The van der Waals surface area contributed by atoms with Crippen molar-refractivity contribution >= 4 is 17.2 Å². The van der Waals surface area contributed by atoms with Crippen LogP contribution in [-0.4, -0.2) is 28.6 Å². The first-order valence-electron chi connectivity index (χ1n) is 5.60. The zero-order valence-corrected chi connectivity index (χ0v) is 9.87. The lowest BCUT2D eigenvalue weighted by atomic mass is 9.87. The van der Waals surface area contributed by atoms with Gasteiger partial charge in [-0.3, -0.25) is 4.79 Å². The molecule has 1 aliphatic carbocycles. The van der Waals surface area contributed by atoms with Crippen LogP contribution in [0.4, 0.5) is 0 Å². The fourth-order valence-corrected chi connectivity index (χ4v) is 2.63. The number of nitrogens with zero attached hydrogens (tertiary/aromatic N) is 1. The molecule has 0 aliphatic heterocycles. The van der Waals surface area contributed by atoms with Crippen LogP contribution >= 0.6 is 11.3 Å². The Morgan fingerprint density at radius 2 is 2.50 bits per heavy atom. The van der Waals surface area contributed by atoms with E-state index in [9.17, 15) is 9.90 Å². The maximum absolute atomic E-state index is 11.6. The molecule has 1 aromatic rings. The molecular weight excluding hydrogens is 224 g/mol. The second kappa shape index (κ2) is 5.41. The molecule has 0 radical (unpaired) electrons. The molecule has 1 saturated carbocycles. The number of rotatable bonds is 3. The SMILES string of the molecule is O=C(NCC1CCCC(O)C1)c1cscn1. The number of hydrogen-bond donors (Lipinski definition) is 2. The lowest BCUT2D eigenvalue weighted by Crippen LogP contribution is -2.33. The lowest BCUT2D eigenvalue weighted by Gasteiger charge is -2.25. The molecule has 1 heterocycles. The average Bonchev–Trinajstić information content (AvgIpc) is 2.79. The molecule has 88 valence electrons. The summed E-state index contributed by atoms with van der Waals surface area (Å²) < 4.78 is 0. The minimum absolute atomic E-state index is 0.110. The van der Waals surface area contributed by atoms with Gasteiger partial charge in [0.05, 0.1) is 11.6 Å². The van der Waals surface area contributed by atoms with Gasteiger partial charge in [-0.25, -0.2) is 4.98 Å². The molecule has 1 aliphatic rings. The third-order valence-corrected chi connectivity index (χ3v) is 3.56. The number of carbonyl (C=O) groups is 1. The number of carbonyl (C=O) groups excluding carboxylic acids is 1. The van der Waals surface area contributed by atoms with E-state index in [-0.39, 0.29) is 12.0 Å². The topological polar surface area (TPSA) is 62.2 Å². The van der Waals surface area contributed by atoms with Crippen LogP contribution in [-0.2, 0) is 0 Å². The van der Waals surface area contributed by atoms with Gasteiger partial charge in [0.15, 0.2) is 0 Å². The Balaban J connectivity index is 1.77. The van der Waals surface area contributed by atoms with E-state index < -0.39 is 0 Å². The van der Waals surface area contributed by atoms with E-state index in [1.165, 1.54) is 11.3 Å². The highest BCUT2D eigenvalue weighted by Crippen LogP contribution is 2.23. The highest BCUT2D eigenvalue weighted by atomic mass is 32.1. The first-order chi connectivity index (χ1) is 7.75. The fraction of sp³-hybridized carbons (Fsp3) is 0.636. The third kappa shape index (κ3) is 3.02. The molecule has 1 fully saturated rings. The van der Waals surface area contributed by atoms with E-state index in [1.54, 1.807) is 10.9 Å². The summed E-state index contributed by atoms with van der Waals surface area (Å²) in [6, 6.07) is 0. The van der Waals surface area contributed by atoms with Crippen molar-refractivity contribution in [1.29, 1.82) is 0 Å². The highest BCUT2D eigenvalue weighted by Gasteiger charge is 2.20. The van der Waals surface area contributed by atoms with Gasteiger partial charge in [0.2, 0.25) is 0 Å². The normalized spacial score (nSPS) is 25.3. The number of amides is 1. The van der Waals surface area contributed by atoms with E-state index in [0.717, 1.165) is 25.7 Å². The Bertz CT molecular complexity index is 340. The second-order valence-corrected chi connectivity index (χ2v) is 4.99. The minimum atomic E-state index is -0.185. The summed E-state index contributed by atoms with van der Waals surface area (Å²) in [7, 11) is 0. The molecule has 1 amide bonds. The van der Waals surface area contributed by atoms with Crippen molar-refractivity contribution in [2.75, 3.05) is 6.54 Å². The van der Waals surface area contributed by atoms with E-state index in [2.05, 4.69) is 10.3 Å². The summed E-state index contributed by atoms with van der Waals surface area (Å²) in [6.45, 7) is 0.646. The molecular formula is C11H16N2O2S. The van der Waals surface area contributed by atoms with Crippen molar-refractivity contribution in [3.63, 3.8) is 0 Å². The van der Waals surface area contributed by atoms with Crippen molar-refractivity contribution in [2.45, 2.75) is 31.8 Å². The molecule has 0 aromatic carbocycles. The van der Waals surface area contributed by atoms with Crippen LogP contribution in [0, 0.1) is 5.92 Å². The van der Waals surface area contributed by atoms with Crippen molar-refractivity contribution in [3.05, 3.63) is 16.6 Å². The van der Waals surface area contributed by atoms with Crippen molar-refractivity contribution < 1.29 is 9.90 Å². The number of hydrogen-bond acceptors (Lipinski definition) is 4. The van der Waals surface area contributed by atoms with Gasteiger partial charge < -0.3 is 10.4 Å². The smallest absolute Gasteiger partial charge is 0.270 e. The quantitative estimate of drug-likeness (QED) is 0.840. The molecule has 2 atom stereocenters. The zero-order chi connectivity index (χ0) is 11.4. The average molecular weight is 240 g/mol. The summed E-state index contributed by atoms with van der Waals surface area (Å²) in [5.41, 5.74) is 2.14. The lowest BCUT2D eigenvalue weighted by molar-refractivity contribution is 0.0871. The Hall–Kier alpha value is -0.940. The molecule has 2 N–H and O–H groups in total. The Kier molecular flexibility index (Phi) is 3.90. The Labute approximate surface area is 98.7 Å². The molecule has 16 heavy (non-hydrogen) atoms. The van der Waals surface area contributed by atoms with Crippen molar-refractivity contribution in [2.24, 2.45) is 5.92 Å². The number of aliphatic hydroxyl groups is 1. The number of thiazole rings is 1. The fourth-order valence-electron chi connectivity index (χ4n) is 2.10. The number of nitrogens with one attached hydrogen (secondary N) is 1. The van der Waals surface area contributed by atoms with Crippen LogP contribution in [0.3, 0.4) is 0 Å². The summed E-state index contributed by atoms with van der Waals surface area (Å²) in [4.78, 5) is 15.6. The molecule has 4 nitrogen and oxygen atoms in total. The molecule has 1 aromatic heterocycles. The van der Waals surface area contributed by atoms with Gasteiger partial charge in [-0.05, 0) is 25.2 Å². The molecule has 0 spiro atoms. The maximum Gasteiger partial charge on any atom is 0.270 e. The molecule has 2 rings (SSSR count). The van der Waals surface area contributed by atoms with E-state index in [4.69, 9.17) is 0 Å². The first-order valence-corrected chi connectivity index (χ1v) is 6.54. The molecule has 0 saturated heterocycles. The van der Waals surface area contributed by atoms with Crippen LogP contribution < -0.4 is 5.32 Å². The van der Waals surface area contributed by atoms with E-state index >= 15 is 0 Å². The largest absolute Gasteiger partial charge is 0.393 e. The van der Waals surface area contributed by atoms with Crippen LogP contribution in [0.25, 0.3) is 0 Å². The van der Waals surface area contributed by atoms with Crippen LogP contribution in [0.1, 0.15) is 36.2 Å². The van der Waals surface area contributed by atoms with Gasteiger partial charge in [0, 0.05) is 11.9 Å². The standard InChI is InChI=1S/C11H16N2O2S/c14-9-3-1-2-8(4-9)5-12-11(15)10-6-16-7-13-10/h6-9,14H,1-5H2,(H,12,15). The van der Waals surface area contributed by atoms with Gasteiger partial charge in [-0.15, -0.1) is 11.3 Å². The van der Waals surface area contributed by atoms with Gasteiger partial charge in [0.25, 0.3) is 5.91 Å². The highest BCUT2D eigenvalue weighted by molar-refractivity contribution is 7.07. The molecule has 5 heteroatoms. The van der Waals surface area contributed by atoms with Crippen molar-refractivity contribution in [1.82, 2.24) is 10.3 Å². The summed E-state index contributed by atoms with van der Waals surface area (Å²) in [5.74, 6) is 0.299. The van der Waals surface area contributed by atoms with Crippen LogP contribution in [0.15, 0.2) is 10.9 Å². The van der Waals surface area contributed by atoms with Gasteiger partial charge in [0.1, 0.15) is 5.69 Å². The zero-order valence-electron chi connectivity index (χ0n) is 9.06. The molecule has 2 unspecified atom stereocenters. The van der Waals surface area contributed by atoms with E-state index in [0.29, 0.717) is 18.2 Å². The predicted molar refractivity (Wildman–Crippen MR) is 62.4 cm³/mol. The predicted octanol–water partition coefficient (Wildman–Crippen LogP) is 1.42. The number of aromatic nitrogens is 1. The summed E-state index contributed by atoms with van der Waals surface area (Å²) >= 11 is 1.42. The summed E-state index contributed by atoms with van der Waals surface area (Å²) in [5, 5.41) is 14.1. The van der Waals surface area contributed by atoms with Crippen LogP contribution in [0.2, 0.25) is 0 Å². The maximum atomic E-state index is 11.6. The Morgan fingerprint density at radius 1 is 1.62 bits per heavy atom. The monoisotopic (exact) mass is 240 g/mol. The van der Waals surface area contributed by atoms with E-state index in [1.807, 2.05) is 0 Å². The summed E-state index contributed by atoms with van der Waals surface area (Å²) in [6.07, 6.45) is 3.66. The third-order valence-electron chi connectivity index (χ3n) is 2.97. The second-order valence-electron chi connectivity index (χ2n) is 4.27. The van der Waals surface area contributed by atoms with Gasteiger partial charge in [-0.2, -0.15) is 0 Å². The minimum Gasteiger partial charge on any atom is -0.393 e. The van der Waals surface area contributed by atoms with Crippen molar-refractivity contribution in [3.8, 4) is 0 Å². The van der Waals surface area contributed by atoms with Gasteiger partial charge in [-0.1, -0.05) is 6.42 Å². The Morgan fingerprint density at radius 3 is 3.19 bits per heavy atom.